The molecule has 0 saturated heterocycles. The van der Waals surface area contributed by atoms with Crippen LogP contribution in [0, 0.1) is 11.3 Å². The van der Waals surface area contributed by atoms with Crippen LogP contribution >= 0.6 is 0 Å². The van der Waals surface area contributed by atoms with Crippen molar-refractivity contribution in [3.8, 4) is 17.6 Å². The van der Waals surface area contributed by atoms with Crippen LogP contribution < -0.4 is 9.47 Å². The molecule has 28 heavy (non-hydrogen) atoms. The molecular formula is C24H19NO3. The van der Waals surface area contributed by atoms with Crippen molar-refractivity contribution in [3.63, 3.8) is 0 Å². The fourth-order valence-electron chi connectivity index (χ4n) is 2.65. The number of carbonyl (C=O) groups excluding carboxylic acids is 1. The Labute approximate surface area is 164 Å². The second-order valence-corrected chi connectivity index (χ2v) is 6.07. The summed E-state index contributed by atoms with van der Waals surface area (Å²) in [7, 11) is 1.58. The first kappa shape index (κ1) is 18.9. The van der Waals surface area contributed by atoms with Crippen molar-refractivity contribution in [3.05, 3.63) is 101 Å². The van der Waals surface area contributed by atoms with E-state index in [4.69, 9.17) is 14.7 Å². The highest BCUT2D eigenvalue weighted by Crippen LogP contribution is 2.29. The fourth-order valence-corrected chi connectivity index (χ4v) is 2.65. The number of hydrogen-bond acceptors (Lipinski definition) is 4. The van der Waals surface area contributed by atoms with Crippen LogP contribution in [0.5, 0.6) is 11.5 Å². The van der Waals surface area contributed by atoms with Gasteiger partial charge in [-0.3, -0.25) is 4.79 Å². The van der Waals surface area contributed by atoms with Crippen LogP contribution in [0.1, 0.15) is 27.0 Å². The Morgan fingerprint density at radius 1 is 1.00 bits per heavy atom. The number of rotatable bonds is 7. The molecule has 0 N–H and O–H groups in total. The van der Waals surface area contributed by atoms with Crippen molar-refractivity contribution in [2.75, 3.05) is 7.11 Å². The van der Waals surface area contributed by atoms with Crippen LogP contribution in [-0.2, 0) is 6.61 Å². The van der Waals surface area contributed by atoms with Gasteiger partial charge in [0.2, 0.25) is 0 Å². The summed E-state index contributed by atoms with van der Waals surface area (Å²) in [4.78, 5) is 12.3. The molecule has 0 spiro atoms. The van der Waals surface area contributed by atoms with E-state index in [9.17, 15) is 4.79 Å². The predicted octanol–water partition coefficient (Wildman–Crippen LogP) is 5.04. The van der Waals surface area contributed by atoms with Gasteiger partial charge in [0.05, 0.1) is 18.7 Å². The van der Waals surface area contributed by atoms with Gasteiger partial charge in [-0.05, 0) is 41.5 Å². The Hall–Kier alpha value is -3.84. The number of carbonyl (C=O) groups is 1. The average molecular weight is 369 g/mol. The molecule has 3 aromatic rings. The summed E-state index contributed by atoms with van der Waals surface area (Å²) in [5.74, 6) is 1.06. The number of ether oxygens (including phenoxy) is 2. The van der Waals surface area contributed by atoms with Crippen LogP contribution in [-0.4, -0.2) is 12.9 Å². The molecule has 0 amide bonds. The quantitative estimate of drug-likeness (QED) is 0.432. The maximum atomic E-state index is 12.3. The van der Waals surface area contributed by atoms with Gasteiger partial charge in [-0.15, -0.1) is 0 Å². The van der Waals surface area contributed by atoms with Crippen LogP contribution in [0.2, 0.25) is 0 Å². The SMILES string of the molecule is COc1cc(/C=C/C(=O)c2cccc(C#N)c2)ccc1OCc1ccccc1. The molecule has 4 nitrogen and oxygen atoms in total. The number of allylic oxidation sites excluding steroid dienone is 1. The molecule has 0 aliphatic heterocycles. The number of nitriles is 1. The number of benzene rings is 3. The number of methoxy groups -OCH3 is 1. The van der Waals surface area contributed by atoms with Gasteiger partial charge in [0.15, 0.2) is 17.3 Å². The van der Waals surface area contributed by atoms with E-state index in [0.717, 1.165) is 11.1 Å². The van der Waals surface area contributed by atoms with E-state index in [1.54, 1.807) is 37.5 Å². The third-order valence-electron chi connectivity index (χ3n) is 4.13. The highest BCUT2D eigenvalue weighted by atomic mass is 16.5. The van der Waals surface area contributed by atoms with Crippen molar-refractivity contribution in [1.82, 2.24) is 0 Å². The Morgan fingerprint density at radius 3 is 2.57 bits per heavy atom. The number of hydrogen-bond donors (Lipinski definition) is 0. The van der Waals surface area contributed by atoms with Crippen LogP contribution in [0.3, 0.4) is 0 Å². The number of nitrogens with zero attached hydrogens (tertiary/aromatic N) is 1. The van der Waals surface area contributed by atoms with Gasteiger partial charge in [0.25, 0.3) is 0 Å². The molecule has 0 unspecified atom stereocenters. The van der Waals surface area contributed by atoms with Gasteiger partial charge in [-0.25, -0.2) is 0 Å². The molecule has 0 aromatic heterocycles. The second-order valence-electron chi connectivity index (χ2n) is 6.07. The van der Waals surface area contributed by atoms with E-state index in [-0.39, 0.29) is 5.78 Å². The van der Waals surface area contributed by atoms with Crippen molar-refractivity contribution < 1.29 is 14.3 Å². The van der Waals surface area contributed by atoms with Crippen molar-refractivity contribution in [1.29, 1.82) is 5.26 Å². The summed E-state index contributed by atoms with van der Waals surface area (Å²) in [5, 5.41) is 8.95. The van der Waals surface area contributed by atoms with Crippen LogP contribution in [0.25, 0.3) is 6.08 Å². The molecule has 4 heteroatoms. The van der Waals surface area contributed by atoms with E-state index in [2.05, 4.69) is 0 Å². The van der Waals surface area contributed by atoms with Gasteiger partial charge in [-0.1, -0.05) is 54.6 Å². The lowest BCUT2D eigenvalue weighted by Gasteiger charge is -2.11. The lowest BCUT2D eigenvalue weighted by Crippen LogP contribution is -1.98. The number of ketones is 1. The average Bonchev–Trinajstić information content (AvgIpc) is 2.77. The lowest BCUT2D eigenvalue weighted by molar-refractivity contribution is 0.104. The smallest absolute Gasteiger partial charge is 0.185 e. The molecule has 0 bridgehead atoms. The molecule has 0 radical (unpaired) electrons. The topological polar surface area (TPSA) is 59.3 Å². The molecule has 0 fully saturated rings. The van der Waals surface area contributed by atoms with E-state index >= 15 is 0 Å². The molecule has 3 aromatic carbocycles. The highest BCUT2D eigenvalue weighted by Gasteiger charge is 2.07. The van der Waals surface area contributed by atoms with Gasteiger partial charge < -0.3 is 9.47 Å². The van der Waals surface area contributed by atoms with Gasteiger partial charge in [0.1, 0.15) is 6.61 Å². The van der Waals surface area contributed by atoms with E-state index in [1.165, 1.54) is 6.08 Å². The molecule has 3 rings (SSSR count). The predicted molar refractivity (Wildman–Crippen MR) is 108 cm³/mol. The normalized spacial score (nSPS) is 10.4. The van der Waals surface area contributed by atoms with E-state index in [0.29, 0.717) is 29.2 Å². The Bertz CT molecular complexity index is 1030. The minimum absolute atomic E-state index is 0.166. The molecular weight excluding hydrogens is 350 g/mol. The molecule has 0 aliphatic carbocycles. The van der Waals surface area contributed by atoms with Crippen molar-refractivity contribution in [2.45, 2.75) is 6.61 Å². The summed E-state index contributed by atoms with van der Waals surface area (Å²) in [5.41, 5.74) is 2.82. The van der Waals surface area contributed by atoms with Gasteiger partial charge >= 0.3 is 0 Å². The van der Waals surface area contributed by atoms with Crippen LogP contribution in [0.15, 0.2) is 78.9 Å². The summed E-state index contributed by atoms with van der Waals surface area (Å²) >= 11 is 0. The van der Waals surface area contributed by atoms with Crippen molar-refractivity contribution >= 4 is 11.9 Å². The van der Waals surface area contributed by atoms with Gasteiger partial charge in [0, 0.05) is 5.56 Å². The highest BCUT2D eigenvalue weighted by molar-refractivity contribution is 6.07. The fraction of sp³-hybridized carbons (Fsp3) is 0.0833. The maximum Gasteiger partial charge on any atom is 0.185 e. The maximum absolute atomic E-state index is 12.3. The second kappa shape index (κ2) is 9.20. The summed E-state index contributed by atoms with van der Waals surface area (Å²) in [6.07, 6.45) is 3.20. The summed E-state index contributed by atoms with van der Waals surface area (Å²) in [6, 6.07) is 24.0. The largest absolute Gasteiger partial charge is 0.493 e. The first-order valence-corrected chi connectivity index (χ1v) is 8.77. The van der Waals surface area contributed by atoms with E-state index < -0.39 is 0 Å². The first-order valence-electron chi connectivity index (χ1n) is 8.77. The minimum Gasteiger partial charge on any atom is -0.493 e. The summed E-state index contributed by atoms with van der Waals surface area (Å²) < 4.78 is 11.3. The summed E-state index contributed by atoms with van der Waals surface area (Å²) in [6.45, 7) is 0.445. The molecule has 0 aliphatic rings. The lowest BCUT2D eigenvalue weighted by atomic mass is 10.1. The Morgan fingerprint density at radius 2 is 1.82 bits per heavy atom. The zero-order valence-corrected chi connectivity index (χ0v) is 15.5. The Balaban J connectivity index is 1.71. The van der Waals surface area contributed by atoms with Gasteiger partial charge in [-0.2, -0.15) is 5.26 Å². The van der Waals surface area contributed by atoms with E-state index in [1.807, 2.05) is 54.6 Å². The van der Waals surface area contributed by atoms with Crippen molar-refractivity contribution in [2.24, 2.45) is 0 Å². The zero-order valence-electron chi connectivity index (χ0n) is 15.5. The molecule has 138 valence electrons. The molecule has 0 heterocycles. The standard InChI is InChI=1S/C24H19NO3/c1-27-24-15-18(10-12-22(26)21-9-5-8-20(14-21)16-25)11-13-23(24)28-17-19-6-3-2-4-7-19/h2-15H,17H2,1H3/b12-10+. The molecule has 0 saturated carbocycles. The third kappa shape index (κ3) is 4.87. The monoisotopic (exact) mass is 369 g/mol. The first-order chi connectivity index (χ1) is 13.7. The zero-order chi connectivity index (χ0) is 19.8. The third-order valence-corrected chi connectivity index (χ3v) is 4.13. The molecule has 0 atom stereocenters. The van der Waals surface area contributed by atoms with Crippen LogP contribution in [0.4, 0.5) is 0 Å². The Kier molecular flexibility index (Phi) is 6.22. The minimum atomic E-state index is -0.166.